The van der Waals surface area contributed by atoms with E-state index >= 15 is 0 Å². The highest BCUT2D eigenvalue weighted by molar-refractivity contribution is 5.98. The van der Waals surface area contributed by atoms with Gasteiger partial charge in [-0.05, 0) is 43.7 Å². The zero-order valence-electron chi connectivity index (χ0n) is 16.6. The van der Waals surface area contributed by atoms with Gasteiger partial charge in [0.25, 0.3) is 17.4 Å². The van der Waals surface area contributed by atoms with Crippen LogP contribution < -0.4 is 16.6 Å². The van der Waals surface area contributed by atoms with Crippen molar-refractivity contribution in [2.45, 2.75) is 25.9 Å². The topological polar surface area (TPSA) is 104 Å². The fraction of sp³-hybridized carbons (Fsp3) is 0.273. The number of aromatic nitrogens is 2. The zero-order valence-corrected chi connectivity index (χ0v) is 16.6. The molecule has 0 spiro atoms. The standard InChI is InChI=1S/C22H22N4O4/c1-2-26-21(29)17-9-8-15(12-18(17)24-22(26)30)19(27)23-16-10-11-25(13-16)20(28)14-6-4-3-5-7-14/h3-9,12,16H,2,10-11,13H2,1H3,(H,23,27)(H,24,30). The molecule has 1 aliphatic rings. The lowest BCUT2D eigenvalue weighted by Crippen LogP contribution is -2.38. The second-order valence-corrected chi connectivity index (χ2v) is 7.32. The van der Waals surface area contributed by atoms with Gasteiger partial charge in [0.2, 0.25) is 0 Å². The monoisotopic (exact) mass is 406 g/mol. The SMILES string of the molecule is CCn1c(=O)[nH]c2cc(C(=O)NC3CCN(C(=O)c4ccccc4)C3)ccc2c1=O. The van der Waals surface area contributed by atoms with Crippen LogP contribution >= 0.6 is 0 Å². The lowest BCUT2D eigenvalue weighted by Gasteiger charge is -2.17. The summed E-state index contributed by atoms with van der Waals surface area (Å²) in [4.78, 5) is 54.0. The Balaban J connectivity index is 1.48. The number of nitrogens with one attached hydrogen (secondary N) is 2. The molecule has 0 radical (unpaired) electrons. The van der Waals surface area contributed by atoms with Crippen molar-refractivity contribution in [2.75, 3.05) is 13.1 Å². The van der Waals surface area contributed by atoms with E-state index in [1.165, 1.54) is 6.07 Å². The molecule has 1 atom stereocenters. The van der Waals surface area contributed by atoms with Crippen LogP contribution in [0.25, 0.3) is 10.9 Å². The molecular formula is C22H22N4O4. The van der Waals surface area contributed by atoms with Crippen LogP contribution in [0.5, 0.6) is 0 Å². The first-order chi connectivity index (χ1) is 14.5. The summed E-state index contributed by atoms with van der Waals surface area (Å²) in [5, 5.41) is 3.29. The number of amides is 2. The number of hydrogen-bond acceptors (Lipinski definition) is 4. The molecule has 30 heavy (non-hydrogen) atoms. The van der Waals surface area contributed by atoms with E-state index in [4.69, 9.17) is 0 Å². The molecule has 2 amide bonds. The molecule has 1 fully saturated rings. The number of carbonyl (C=O) groups is 2. The maximum absolute atomic E-state index is 12.7. The second-order valence-electron chi connectivity index (χ2n) is 7.32. The van der Waals surface area contributed by atoms with Crippen molar-refractivity contribution < 1.29 is 9.59 Å². The number of rotatable bonds is 4. The third-order valence-corrected chi connectivity index (χ3v) is 5.39. The first-order valence-electron chi connectivity index (χ1n) is 9.90. The minimum absolute atomic E-state index is 0.0529. The van der Waals surface area contributed by atoms with E-state index < -0.39 is 5.69 Å². The molecule has 154 valence electrons. The number of hydrogen-bond donors (Lipinski definition) is 2. The van der Waals surface area contributed by atoms with Crippen LogP contribution in [0.4, 0.5) is 0 Å². The first-order valence-corrected chi connectivity index (χ1v) is 9.90. The fourth-order valence-corrected chi connectivity index (χ4v) is 3.78. The van der Waals surface area contributed by atoms with Gasteiger partial charge in [0.15, 0.2) is 0 Å². The Labute approximate surface area is 172 Å². The number of benzene rings is 2. The van der Waals surface area contributed by atoms with Crippen molar-refractivity contribution in [2.24, 2.45) is 0 Å². The van der Waals surface area contributed by atoms with Crippen molar-refractivity contribution >= 4 is 22.7 Å². The van der Waals surface area contributed by atoms with Crippen LogP contribution in [0.15, 0.2) is 58.1 Å². The summed E-state index contributed by atoms with van der Waals surface area (Å²) in [5.41, 5.74) is 0.419. The van der Waals surface area contributed by atoms with Crippen LogP contribution in [0.1, 0.15) is 34.1 Å². The average Bonchev–Trinajstić information content (AvgIpc) is 3.22. The van der Waals surface area contributed by atoms with E-state index in [1.807, 2.05) is 18.2 Å². The van der Waals surface area contributed by atoms with Crippen molar-refractivity contribution in [1.29, 1.82) is 0 Å². The van der Waals surface area contributed by atoms with E-state index in [2.05, 4.69) is 10.3 Å². The molecule has 2 heterocycles. The van der Waals surface area contributed by atoms with Crippen LogP contribution in [0.3, 0.4) is 0 Å². The van der Waals surface area contributed by atoms with Gasteiger partial charge in [-0.25, -0.2) is 4.79 Å². The van der Waals surface area contributed by atoms with Gasteiger partial charge in [-0.2, -0.15) is 0 Å². The van der Waals surface area contributed by atoms with Gasteiger partial charge in [-0.15, -0.1) is 0 Å². The van der Waals surface area contributed by atoms with Gasteiger partial charge in [-0.1, -0.05) is 18.2 Å². The van der Waals surface area contributed by atoms with Crippen LogP contribution in [0.2, 0.25) is 0 Å². The number of carbonyl (C=O) groups excluding carboxylic acids is 2. The summed E-state index contributed by atoms with van der Waals surface area (Å²) in [6, 6.07) is 13.5. The normalized spacial score (nSPS) is 16.0. The largest absolute Gasteiger partial charge is 0.347 e. The van der Waals surface area contributed by atoms with Crippen molar-refractivity contribution in [3.8, 4) is 0 Å². The predicted octanol–water partition coefficient (Wildman–Crippen LogP) is 1.35. The van der Waals surface area contributed by atoms with Crippen LogP contribution in [-0.2, 0) is 6.54 Å². The molecular weight excluding hydrogens is 384 g/mol. The number of fused-ring (bicyclic) bond motifs is 1. The molecule has 1 saturated heterocycles. The number of aromatic amines is 1. The van der Waals surface area contributed by atoms with E-state index in [1.54, 1.807) is 36.1 Å². The molecule has 0 saturated carbocycles. The Bertz CT molecular complexity index is 1230. The average molecular weight is 406 g/mol. The Morgan fingerprint density at radius 2 is 1.87 bits per heavy atom. The van der Waals surface area contributed by atoms with Gasteiger partial charge in [0, 0.05) is 36.8 Å². The Kier molecular flexibility index (Phi) is 5.22. The van der Waals surface area contributed by atoms with Gasteiger partial charge in [0.05, 0.1) is 10.9 Å². The molecule has 2 N–H and O–H groups in total. The van der Waals surface area contributed by atoms with Crippen molar-refractivity contribution in [3.63, 3.8) is 0 Å². The summed E-state index contributed by atoms with van der Waals surface area (Å²) in [7, 11) is 0. The third-order valence-electron chi connectivity index (χ3n) is 5.39. The molecule has 8 heteroatoms. The Hall–Kier alpha value is -3.68. The molecule has 2 aromatic carbocycles. The minimum atomic E-state index is -0.501. The molecule has 1 aromatic heterocycles. The predicted molar refractivity (Wildman–Crippen MR) is 113 cm³/mol. The second kappa shape index (κ2) is 7.98. The lowest BCUT2D eigenvalue weighted by atomic mass is 10.1. The smallest absolute Gasteiger partial charge is 0.328 e. The molecule has 4 rings (SSSR count). The van der Waals surface area contributed by atoms with Crippen molar-refractivity contribution in [3.05, 3.63) is 80.5 Å². The van der Waals surface area contributed by atoms with Gasteiger partial charge in [0.1, 0.15) is 0 Å². The van der Waals surface area contributed by atoms with E-state index in [9.17, 15) is 19.2 Å². The van der Waals surface area contributed by atoms with E-state index in [0.29, 0.717) is 41.5 Å². The molecule has 1 unspecified atom stereocenters. The van der Waals surface area contributed by atoms with E-state index in [0.717, 1.165) is 4.57 Å². The Morgan fingerprint density at radius 1 is 1.10 bits per heavy atom. The summed E-state index contributed by atoms with van der Waals surface area (Å²) in [6.07, 6.45) is 0.663. The molecule has 3 aromatic rings. The molecule has 0 bridgehead atoms. The number of likely N-dealkylation sites (tertiary alicyclic amines) is 1. The first kappa shape index (κ1) is 19.6. The fourth-order valence-electron chi connectivity index (χ4n) is 3.78. The van der Waals surface area contributed by atoms with Gasteiger partial charge in [-0.3, -0.25) is 19.0 Å². The molecule has 1 aliphatic heterocycles. The highest BCUT2D eigenvalue weighted by Crippen LogP contribution is 2.15. The zero-order chi connectivity index (χ0) is 21.3. The summed E-state index contributed by atoms with van der Waals surface area (Å²) in [6.45, 7) is 3.00. The molecule has 0 aliphatic carbocycles. The highest BCUT2D eigenvalue weighted by Gasteiger charge is 2.28. The third kappa shape index (κ3) is 3.63. The summed E-state index contributed by atoms with van der Waals surface area (Å²) < 4.78 is 1.11. The van der Waals surface area contributed by atoms with Crippen molar-refractivity contribution in [1.82, 2.24) is 19.8 Å². The van der Waals surface area contributed by atoms with E-state index in [-0.39, 0.29) is 30.0 Å². The minimum Gasteiger partial charge on any atom is -0.347 e. The van der Waals surface area contributed by atoms with Crippen LogP contribution in [-0.4, -0.2) is 45.4 Å². The number of nitrogens with zero attached hydrogens (tertiary/aromatic N) is 2. The molecule has 8 nitrogen and oxygen atoms in total. The summed E-state index contributed by atoms with van der Waals surface area (Å²) >= 11 is 0. The lowest BCUT2D eigenvalue weighted by molar-refractivity contribution is 0.0783. The maximum Gasteiger partial charge on any atom is 0.328 e. The van der Waals surface area contributed by atoms with Gasteiger partial charge >= 0.3 is 5.69 Å². The highest BCUT2D eigenvalue weighted by atomic mass is 16.2. The Morgan fingerprint density at radius 3 is 2.60 bits per heavy atom. The summed E-state index contributed by atoms with van der Waals surface area (Å²) in [5.74, 6) is -0.362. The van der Waals surface area contributed by atoms with Gasteiger partial charge < -0.3 is 15.2 Å². The maximum atomic E-state index is 12.7. The quantitative estimate of drug-likeness (QED) is 0.683. The van der Waals surface area contributed by atoms with Crippen LogP contribution in [0, 0.1) is 0 Å². The number of H-pyrrole nitrogens is 1.